The van der Waals surface area contributed by atoms with Crippen LogP contribution < -0.4 is 0 Å². The van der Waals surface area contributed by atoms with E-state index in [1.807, 2.05) is 0 Å². The Balaban J connectivity index is 2.74. The van der Waals surface area contributed by atoms with E-state index in [1.54, 1.807) is 18.4 Å². The molecule has 0 aliphatic carbocycles. The standard InChI is InChI=1S/C11H12O3S/c1-4-7(2)14-11(13)10-5-9(6-15-10)8(3)12/h4-7H,1H2,2-3H3/t7-/m1/s1. The van der Waals surface area contributed by atoms with E-state index in [-0.39, 0.29) is 11.9 Å². The highest BCUT2D eigenvalue weighted by Gasteiger charge is 2.13. The van der Waals surface area contributed by atoms with Gasteiger partial charge in [-0.25, -0.2) is 4.79 Å². The molecule has 1 rings (SSSR count). The van der Waals surface area contributed by atoms with Crippen LogP contribution in [0.15, 0.2) is 24.1 Å². The third-order valence-electron chi connectivity index (χ3n) is 1.83. The van der Waals surface area contributed by atoms with Gasteiger partial charge in [0.05, 0.1) is 0 Å². The molecule has 0 aliphatic heterocycles. The molecule has 1 aromatic rings. The molecular formula is C11H12O3S. The number of esters is 1. The summed E-state index contributed by atoms with van der Waals surface area (Å²) in [4.78, 5) is 22.9. The van der Waals surface area contributed by atoms with Crippen molar-refractivity contribution in [3.63, 3.8) is 0 Å². The minimum absolute atomic E-state index is 0.0536. The van der Waals surface area contributed by atoms with Crippen LogP contribution in [0.4, 0.5) is 0 Å². The molecule has 0 fully saturated rings. The van der Waals surface area contributed by atoms with Gasteiger partial charge in [-0.2, -0.15) is 0 Å². The summed E-state index contributed by atoms with van der Waals surface area (Å²) in [5, 5.41) is 1.65. The molecule has 0 saturated heterocycles. The maximum atomic E-state index is 11.5. The summed E-state index contributed by atoms with van der Waals surface area (Å²) in [6, 6.07) is 1.55. The third kappa shape index (κ3) is 3.02. The minimum Gasteiger partial charge on any atom is -0.454 e. The van der Waals surface area contributed by atoms with Gasteiger partial charge in [-0.3, -0.25) is 4.79 Å². The first-order valence-electron chi connectivity index (χ1n) is 4.47. The van der Waals surface area contributed by atoms with E-state index in [4.69, 9.17) is 4.74 Å². The lowest BCUT2D eigenvalue weighted by Crippen LogP contribution is -2.11. The van der Waals surface area contributed by atoms with Crippen LogP contribution in [0.1, 0.15) is 33.9 Å². The fraction of sp³-hybridized carbons (Fsp3) is 0.273. The van der Waals surface area contributed by atoms with Crippen molar-refractivity contribution in [2.45, 2.75) is 20.0 Å². The van der Waals surface area contributed by atoms with Crippen LogP contribution in [0.3, 0.4) is 0 Å². The Bertz CT molecular complexity index is 392. The van der Waals surface area contributed by atoms with Gasteiger partial charge in [0, 0.05) is 10.9 Å². The molecule has 0 aromatic carbocycles. The molecule has 80 valence electrons. The van der Waals surface area contributed by atoms with Gasteiger partial charge >= 0.3 is 5.97 Å². The molecule has 1 aromatic heterocycles. The topological polar surface area (TPSA) is 43.4 Å². The third-order valence-corrected chi connectivity index (χ3v) is 2.74. The molecule has 0 spiro atoms. The second-order valence-corrected chi connectivity index (χ2v) is 4.01. The Kier molecular flexibility index (Phi) is 3.80. The maximum absolute atomic E-state index is 11.5. The van der Waals surface area contributed by atoms with Gasteiger partial charge in [-0.15, -0.1) is 11.3 Å². The molecule has 15 heavy (non-hydrogen) atoms. The number of carbonyl (C=O) groups excluding carboxylic acids is 2. The van der Waals surface area contributed by atoms with Crippen LogP contribution in [0, 0.1) is 0 Å². The summed E-state index contributed by atoms with van der Waals surface area (Å²) < 4.78 is 5.02. The largest absolute Gasteiger partial charge is 0.454 e. The summed E-state index contributed by atoms with van der Waals surface area (Å²) in [6.07, 6.45) is 1.22. The van der Waals surface area contributed by atoms with Gasteiger partial charge in [-0.1, -0.05) is 12.7 Å². The molecule has 0 amide bonds. The molecule has 1 atom stereocenters. The molecule has 0 bridgehead atoms. The number of thiophene rings is 1. The summed E-state index contributed by atoms with van der Waals surface area (Å²) in [5.74, 6) is -0.470. The number of hydrogen-bond donors (Lipinski definition) is 0. The minimum atomic E-state index is -0.417. The zero-order chi connectivity index (χ0) is 11.4. The average molecular weight is 224 g/mol. The van der Waals surface area contributed by atoms with Crippen molar-refractivity contribution in [2.75, 3.05) is 0 Å². The number of carbonyl (C=O) groups is 2. The fourth-order valence-corrected chi connectivity index (χ4v) is 1.73. The predicted molar refractivity (Wildman–Crippen MR) is 59.4 cm³/mol. The van der Waals surface area contributed by atoms with E-state index in [1.165, 1.54) is 24.3 Å². The maximum Gasteiger partial charge on any atom is 0.348 e. The van der Waals surface area contributed by atoms with Crippen LogP contribution in [0.2, 0.25) is 0 Å². The number of hydrogen-bond acceptors (Lipinski definition) is 4. The summed E-state index contributed by atoms with van der Waals surface area (Å²) in [7, 11) is 0. The summed E-state index contributed by atoms with van der Waals surface area (Å²) in [5.41, 5.74) is 0.540. The van der Waals surface area contributed by atoms with Gasteiger partial charge in [-0.05, 0) is 19.9 Å². The van der Waals surface area contributed by atoms with Crippen molar-refractivity contribution in [3.05, 3.63) is 34.5 Å². The first-order valence-corrected chi connectivity index (χ1v) is 5.35. The van der Waals surface area contributed by atoms with Crippen LogP contribution in [-0.4, -0.2) is 17.9 Å². The summed E-state index contributed by atoms with van der Waals surface area (Å²) >= 11 is 1.21. The Hall–Kier alpha value is -1.42. The highest BCUT2D eigenvalue weighted by molar-refractivity contribution is 7.12. The fourth-order valence-electron chi connectivity index (χ4n) is 0.903. The zero-order valence-electron chi connectivity index (χ0n) is 8.65. The van der Waals surface area contributed by atoms with E-state index < -0.39 is 5.97 Å². The normalized spacial score (nSPS) is 11.9. The van der Waals surface area contributed by atoms with Crippen LogP contribution >= 0.6 is 11.3 Å². The first kappa shape index (κ1) is 11.7. The number of ether oxygens (including phenoxy) is 1. The summed E-state index contributed by atoms with van der Waals surface area (Å²) in [6.45, 7) is 6.70. The van der Waals surface area contributed by atoms with Crippen molar-refractivity contribution in [3.8, 4) is 0 Å². The Labute approximate surface area is 92.4 Å². The lowest BCUT2D eigenvalue weighted by Gasteiger charge is -2.06. The van der Waals surface area contributed by atoms with E-state index in [0.717, 1.165) is 0 Å². The second kappa shape index (κ2) is 4.89. The van der Waals surface area contributed by atoms with Gasteiger partial charge < -0.3 is 4.74 Å². The molecule has 4 heteroatoms. The number of rotatable bonds is 4. The van der Waals surface area contributed by atoms with Crippen molar-refractivity contribution in [1.29, 1.82) is 0 Å². The van der Waals surface area contributed by atoms with Gasteiger partial charge in [0.2, 0.25) is 0 Å². The van der Waals surface area contributed by atoms with E-state index >= 15 is 0 Å². The Morgan fingerprint density at radius 2 is 2.27 bits per heavy atom. The number of Topliss-reactive ketones (excluding diaryl/α,β-unsaturated/α-hetero) is 1. The van der Waals surface area contributed by atoms with E-state index in [0.29, 0.717) is 10.4 Å². The molecule has 1 heterocycles. The predicted octanol–water partition coefficient (Wildman–Crippen LogP) is 2.68. The molecule has 0 unspecified atom stereocenters. The van der Waals surface area contributed by atoms with Crippen molar-refractivity contribution in [2.24, 2.45) is 0 Å². The molecule has 3 nitrogen and oxygen atoms in total. The molecule has 0 radical (unpaired) electrons. The highest BCUT2D eigenvalue weighted by atomic mass is 32.1. The van der Waals surface area contributed by atoms with Crippen LogP contribution in [0.5, 0.6) is 0 Å². The van der Waals surface area contributed by atoms with Gasteiger partial charge in [0.1, 0.15) is 11.0 Å². The SMILES string of the molecule is C=C[C@@H](C)OC(=O)c1cc(C(C)=O)cs1. The second-order valence-electron chi connectivity index (χ2n) is 3.10. The monoisotopic (exact) mass is 224 g/mol. The Morgan fingerprint density at radius 1 is 1.60 bits per heavy atom. The average Bonchev–Trinajstić information content (AvgIpc) is 2.66. The molecule has 0 N–H and O–H groups in total. The van der Waals surface area contributed by atoms with Crippen molar-refractivity contribution >= 4 is 23.1 Å². The van der Waals surface area contributed by atoms with E-state index in [2.05, 4.69) is 6.58 Å². The lowest BCUT2D eigenvalue weighted by molar-refractivity contribution is 0.0431. The quantitative estimate of drug-likeness (QED) is 0.448. The lowest BCUT2D eigenvalue weighted by atomic mass is 10.2. The molecule has 0 aliphatic rings. The van der Waals surface area contributed by atoms with Crippen LogP contribution in [-0.2, 0) is 4.74 Å². The molecular weight excluding hydrogens is 212 g/mol. The number of ketones is 1. The zero-order valence-corrected chi connectivity index (χ0v) is 9.47. The first-order chi connectivity index (χ1) is 7.04. The Morgan fingerprint density at radius 3 is 2.73 bits per heavy atom. The van der Waals surface area contributed by atoms with E-state index in [9.17, 15) is 9.59 Å². The molecule has 0 saturated carbocycles. The van der Waals surface area contributed by atoms with Crippen molar-refractivity contribution in [1.82, 2.24) is 0 Å². The van der Waals surface area contributed by atoms with Gasteiger partial charge in [0.15, 0.2) is 5.78 Å². The highest BCUT2D eigenvalue weighted by Crippen LogP contribution is 2.17. The van der Waals surface area contributed by atoms with Gasteiger partial charge in [0.25, 0.3) is 0 Å². The van der Waals surface area contributed by atoms with Crippen LogP contribution in [0.25, 0.3) is 0 Å². The van der Waals surface area contributed by atoms with Crippen molar-refractivity contribution < 1.29 is 14.3 Å². The smallest absolute Gasteiger partial charge is 0.348 e.